The molecule has 2 aromatic heterocycles. The first kappa shape index (κ1) is 11.3. The van der Waals surface area contributed by atoms with Gasteiger partial charge >= 0.3 is 0 Å². The van der Waals surface area contributed by atoms with Gasteiger partial charge in [0.05, 0.1) is 30.3 Å². The van der Waals surface area contributed by atoms with Crippen LogP contribution < -0.4 is 5.32 Å². The van der Waals surface area contributed by atoms with Gasteiger partial charge in [0, 0.05) is 18.8 Å². The van der Waals surface area contributed by atoms with Gasteiger partial charge < -0.3 is 14.6 Å². The second-order valence-electron chi connectivity index (χ2n) is 5.14. The van der Waals surface area contributed by atoms with Crippen molar-refractivity contribution in [3.05, 3.63) is 28.9 Å². The zero-order valence-corrected chi connectivity index (χ0v) is 11.5. The van der Waals surface area contributed by atoms with E-state index in [1.807, 2.05) is 20.0 Å². The molecule has 0 saturated carbocycles. The third-order valence-electron chi connectivity index (χ3n) is 3.99. The van der Waals surface area contributed by atoms with Gasteiger partial charge in [-0.05, 0) is 13.0 Å². The number of aryl methyl sites for hydroxylation is 1. The number of pyridine rings is 1. The van der Waals surface area contributed by atoms with Crippen LogP contribution in [0, 0.1) is 6.92 Å². The van der Waals surface area contributed by atoms with E-state index < -0.39 is 0 Å². The largest absolute Gasteiger partial charge is 0.376 e. The van der Waals surface area contributed by atoms with E-state index in [0.29, 0.717) is 18.4 Å². The lowest BCUT2D eigenvalue weighted by atomic mass is 9.85. The van der Waals surface area contributed by atoms with E-state index in [2.05, 4.69) is 14.9 Å². The van der Waals surface area contributed by atoms with E-state index in [1.165, 1.54) is 5.69 Å². The summed E-state index contributed by atoms with van der Waals surface area (Å²) in [5.41, 5.74) is 3.81. The summed E-state index contributed by atoms with van der Waals surface area (Å²) in [6, 6.07) is 1.95. The molecule has 2 aliphatic heterocycles. The summed E-state index contributed by atoms with van der Waals surface area (Å²) in [6.07, 6.45) is 1.71. The Bertz CT molecular complexity index is 690. The molecular weight excluding hydrogens is 264 g/mol. The number of anilines is 1. The molecule has 0 bridgehead atoms. The zero-order valence-electron chi connectivity index (χ0n) is 10.7. The van der Waals surface area contributed by atoms with Crippen LogP contribution in [0.25, 0.3) is 11.3 Å². The zero-order chi connectivity index (χ0) is 13.2. The van der Waals surface area contributed by atoms with Crippen molar-refractivity contribution in [1.82, 2.24) is 14.5 Å². The minimum Gasteiger partial charge on any atom is -0.376 e. The predicted octanol–water partition coefficient (Wildman–Crippen LogP) is 2.09. The summed E-state index contributed by atoms with van der Waals surface area (Å²) >= 11 is 6.21. The highest BCUT2D eigenvalue weighted by atomic mass is 35.5. The maximum atomic E-state index is 6.21. The summed E-state index contributed by atoms with van der Waals surface area (Å²) in [4.78, 5) is 8.84. The lowest BCUT2D eigenvalue weighted by Gasteiger charge is -2.46. The fourth-order valence-corrected chi connectivity index (χ4v) is 3.12. The van der Waals surface area contributed by atoms with Crippen molar-refractivity contribution < 1.29 is 4.74 Å². The second-order valence-corrected chi connectivity index (χ2v) is 5.50. The Morgan fingerprint density at radius 2 is 2.26 bits per heavy atom. The van der Waals surface area contributed by atoms with E-state index in [4.69, 9.17) is 21.3 Å². The monoisotopic (exact) mass is 276 g/mol. The third kappa shape index (κ3) is 1.29. The summed E-state index contributed by atoms with van der Waals surface area (Å²) in [6.45, 7) is 3.27. The van der Waals surface area contributed by atoms with Crippen molar-refractivity contribution in [2.75, 3.05) is 18.5 Å². The van der Waals surface area contributed by atoms with Gasteiger partial charge in [-0.15, -0.1) is 0 Å². The van der Waals surface area contributed by atoms with Gasteiger partial charge in [-0.1, -0.05) is 11.6 Å². The average molecular weight is 277 g/mol. The second kappa shape index (κ2) is 3.49. The standard InChI is InChI=1S/C13H13ClN4O/c1-7-16-9-8-3-4-15-12(14)10(8)17-13(5-19-6-13)11(9)18(7)2/h3-4,17H,5-6H2,1-2H3. The van der Waals surface area contributed by atoms with Gasteiger partial charge in [0.1, 0.15) is 11.4 Å². The molecule has 5 nitrogen and oxygen atoms in total. The normalized spacial score (nSPS) is 18.5. The Kier molecular flexibility index (Phi) is 2.07. The van der Waals surface area contributed by atoms with Gasteiger partial charge in [0.15, 0.2) is 5.15 Å². The highest BCUT2D eigenvalue weighted by Crippen LogP contribution is 2.48. The molecule has 0 unspecified atom stereocenters. The minimum atomic E-state index is -0.217. The highest BCUT2D eigenvalue weighted by Gasteiger charge is 2.48. The number of nitrogens with one attached hydrogen (secondary N) is 1. The molecule has 0 aromatic carbocycles. The number of imidazole rings is 1. The average Bonchev–Trinajstić information content (AvgIpc) is 2.65. The summed E-state index contributed by atoms with van der Waals surface area (Å²) < 4.78 is 7.55. The number of halogens is 1. The molecule has 0 radical (unpaired) electrons. The molecule has 2 aromatic rings. The number of aromatic nitrogens is 3. The number of hydrogen-bond donors (Lipinski definition) is 1. The summed E-state index contributed by atoms with van der Waals surface area (Å²) in [7, 11) is 2.04. The van der Waals surface area contributed by atoms with Crippen LogP contribution in [0.5, 0.6) is 0 Å². The fraction of sp³-hybridized carbons (Fsp3) is 0.385. The molecule has 4 heterocycles. The van der Waals surface area contributed by atoms with Crippen molar-refractivity contribution in [2.24, 2.45) is 7.05 Å². The van der Waals surface area contributed by atoms with Crippen LogP contribution >= 0.6 is 11.6 Å². The maximum absolute atomic E-state index is 6.21. The van der Waals surface area contributed by atoms with Gasteiger partial charge in [0.25, 0.3) is 0 Å². The van der Waals surface area contributed by atoms with Crippen molar-refractivity contribution >= 4 is 17.3 Å². The Labute approximate surface area is 115 Å². The van der Waals surface area contributed by atoms with Crippen molar-refractivity contribution in [2.45, 2.75) is 12.5 Å². The Balaban J connectivity index is 2.06. The minimum absolute atomic E-state index is 0.217. The van der Waals surface area contributed by atoms with Crippen molar-refractivity contribution in [3.8, 4) is 11.3 Å². The third-order valence-corrected chi connectivity index (χ3v) is 4.28. The molecule has 6 heteroatoms. The van der Waals surface area contributed by atoms with E-state index in [1.54, 1.807) is 6.20 Å². The number of ether oxygens (including phenoxy) is 1. The molecular formula is C13H13ClN4O. The van der Waals surface area contributed by atoms with Crippen LogP contribution in [0.1, 0.15) is 11.5 Å². The molecule has 1 fully saturated rings. The number of nitrogens with zero attached hydrogens (tertiary/aromatic N) is 3. The molecule has 4 rings (SSSR count). The Morgan fingerprint density at radius 1 is 1.47 bits per heavy atom. The molecule has 19 heavy (non-hydrogen) atoms. The lowest BCUT2D eigenvalue weighted by molar-refractivity contribution is -0.0482. The molecule has 0 aliphatic carbocycles. The molecule has 2 aliphatic rings. The number of rotatable bonds is 0. The first-order valence-corrected chi connectivity index (χ1v) is 6.55. The van der Waals surface area contributed by atoms with Crippen molar-refractivity contribution in [3.63, 3.8) is 0 Å². The first-order valence-electron chi connectivity index (χ1n) is 6.17. The van der Waals surface area contributed by atoms with Crippen LogP contribution in [0.2, 0.25) is 5.15 Å². The SMILES string of the molecule is Cc1nc2c(n1C)C1(COC1)Nc1c-2ccnc1Cl. The van der Waals surface area contributed by atoms with E-state index in [0.717, 1.165) is 22.8 Å². The van der Waals surface area contributed by atoms with Gasteiger partial charge in [-0.2, -0.15) is 0 Å². The molecule has 1 spiro atoms. The topological polar surface area (TPSA) is 52.0 Å². The maximum Gasteiger partial charge on any atom is 0.152 e. The van der Waals surface area contributed by atoms with Crippen LogP contribution in [0.4, 0.5) is 5.69 Å². The fourth-order valence-electron chi connectivity index (χ4n) is 2.91. The van der Waals surface area contributed by atoms with E-state index in [-0.39, 0.29) is 5.54 Å². The van der Waals surface area contributed by atoms with Crippen LogP contribution in [-0.4, -0.2) is 27.7 Å². The van der Waals surface area contributed by atoms with Crippen LogP contribution in [0.3, 0.4) is 0 Å². The van der Waals surface area contributed by atoms with Gasteiger partial charge in [-0.25, -0.2) is 9.97 Å². The van der Waals surface area contributed by atoms with Crippen molar-refractivity contribution in [1.29, 1.82) is 0 Å². The first-order chi connectivity index (χ1) is 9.12. The van der Waals surface area contributed by atoms with Crippen LogP contribution in [-0.2, 0) is 17.3 Å². The van der Waals surface area contributed by atoms with Gasteiger partial charge in [0.2, 0.25) is 0 Å². The molecule has 1 saturated heterocycles. The molecule has 0 atom stereocenters. The lowest BCUT2D eigenvalue weighted by Crippen LogP contribution is -2.55. The number of fused-ring (bicyclic) bond motifs is 4. The Hall–Kier alpha value is -1.59. The van der Waals surface area contributed by atoms with Crippen LogP contribution in [0.15, 0.2) is 12.3 Å². The van der Waals surface area contributed by atoms with E-state index >= 15 is 0 Å². The Morgan fingerprint density at radius 3 is 2.95 bits per heavy atom. The van der Waals surface area contributed by atoms with Gasteiger partial charge in [-0.3, -0.25) is 0 Å². The smallest absolute Gasteiger partial charge is 0.152 e. The predicted molar refractivity (Wildman–Crippen MR) is 72.3 cm³/mol. The highest BCUT2D eigenvalue weighted by molar-refractivity contribution is 6.32. The number of hydrogen-bond acceptors (Lipinski definition) is 4. The summed E-state index contributed by atoms with van der Waals surface area (Å²) in [5.74, 6) is 0.985. The molecule has 0 amide bonds. The quantitative estimate of drug-likeness (QED) is 0.749. The summed E-state index contributed by atoms with van der Waals surface area (Å²) in [5, 5.41) is 3.99. The molecule has 1 N–H and O–H groups in total. The van der Waals surface area contributed by atoms with E-state index in [9.17, 15) is 0 Å². The molecule has 98 valence electrons.